The van der Waals surface area contributed by atoms with E-state index >= 15 is 0 Å². The van der Waals surface area contributed by atoms with E-state index < -0.39 is 22.5 Å². The third-order valence-electron chi connectivity index (χ3n) is 4.66. The van der Waals surface area contributed by atoms with E-state index in [4.69, 9.17) is 21.1 Å². The van der Waals surface area contributed by atoms with Crippen molar-refractivity contribution < 1.29 is 22.7 Å². The number of rotatable bonds is 8. The number of nitrogens with zero attached hydrogens (tertiary/aromatic N) is 1. The molecule has 0 spiro atoms. The number of carbonyl (C=O) groups is 1. The molecule has 0 atom stereocenters. The van der Waals surface area contributed by atoms with E-state index in [1.165, 1.54) is 32.4 Å². The van der Waals surface area contributed by atoms with Gasteiger partial charge in [-0.05, 0) is 55.0 Å². The van der Waals surface area contributed by atoms with Crippen LogP contribution in [0.4, 0.5) is 11.4 Å². The van der Waals surface area contributed by atoms with Crippen LogP contribution in [0.1, 0.15) is 5.56 Å². The molecule has 0 unspecified atom stereocenters. The topological polar surface area (TPSA) is 84.9 Å². The van der Waals surface area contributed by atoms with Gasteiger partial charge in [-0.2, -0.15) is 0 Å². The van der Waals surface area contributed by atoms with E-state index in [2.05, 4.69) is 5.32 Å². The summed E-state index contributed by atoms with van der Waals surface area (Å²) in [5, 5.41) is 3.00. The summed E-state index contributed by atoms with van der Waals surface area (Å²) in [6, 6.07) is 17.8. The van der Waals surface area contributed by atoms with Crippen LogP contribution in [0.5, 0.6) is 11.5 Å². The summed E-state index contributed by atoms with van der Waals surface area (Å²) in [5.74, 6) is 0.243. The summed E-state index contributed by atoms with van der Waals surface area (Å²) in [5.41, 5.74) is 1.49. The standard InChI is InChI=1S/C23H23ClN2O5S/c1-16-9-11-22(31-3)20(13-16)26(32(28,29)18-7-5-4-6-8-18)15-23(27)25-17-10-12-21(30-2)19(24)14-17/h4-14H,15H2,1-3H3,(H,25,27). The van der Waals surface area contributed by atoms with Crippen molar-refractivity contribution in [3.63, 3.8) is 0 Å². The summed E-state index contributed by atoms with van der Waals surface area (Å²) >= 11 is 6.13. The van der Waals surface area contributed by atoms with Gasteiger partial charge in [-0.15, -0.1) is 0 Å². The first-order chi connectivity index (χ1) is 15.3. The van der Waals surface area contributed by atoms with Crippen LogP contribution in [0.3, 0.4) is 0 Å². The lowest BCUT2D eigenvalue weighted by Crippen LogP contribution is -2.38. The van der Waals surface area contributed by atoms with Crippen LogP contribution < -0.4 is 19.1 Å². The van der Waals surface area contributed by atoms with E-state index in [-0.39, 0.29) is 10.6 Å². The third kappa shape index (κ3) is 5.15. The number of hydrogen-bond acceptors (Lipinski definition) is 5. The monoisotopic (exact) mass is 474 g/mol. The van der Waals surface area contributed by atoms with Crippen LogP contribution in [-0.4, -0.2) is 35.1 Å². The maximum atomic E-state index is 13.5. The van der Waals surface area contributed by atoms with Crippen LogP contribution in [0, 0.1) is 6.92 Å². The minimum absolute atomic E-state index is 0.0591. The summed E-state index contributed by atoms with van der Waals surface area (Å²) in [6.45, 7) is 1.36. The Balaban J connectivity index is 1.99. The number of halogens is 1. The van der Waals surface area contributed by atoms with Gasteiger partial charge in [0, 0.05) is 5.69 Å². The fourth-order valence-corrected chi connectivity index (χ4v) is 4.79. The van der Waals surface area contributed by atoms with Crippen LogP contribution in [0.15, 0.2) is 71.6 Å². The van der Waals surface area contributed by atoms with Crippen LogP contribution in [0.2, 0.25) is 5.02 Å². The van der Waals surface area contributed by atoms with Crippen molar-refractivity contribution in [2.75, 3.05) is 30.4 Å². The number of aryl methyl sites for hydroxylation is 1. The van der Waals surface area contributed by atoms with Gasteiger partial charge in [0.1, 0.15) is 18.0 Å². The lowest BCUT2D eigenvalue weighted by atomic mass is 10.2. The first-order valence-electron chi connectivity index (χ1n) is 9.62. The number of amides is 1. The zero-order chi connectivity index (χ0) is 23.3. The predicted molar refractivity (Wildman–Crippen MR) is 125 cm³/mol. The molecule has 168 valence electrons. The Bertz CT molecular complexity index is 1220. The second-order valence-corrected chi connectivity index (χ2v) is 9.17. The minimum atomic E-state index is -4.06. The molecular weight excluding hydrogens is 452 g/mol. The summed E-state index contributed by atoms with van der Waals surface area (Å²) in [7, 11) is -1.13. The number of hydrogen-bond donors (Lipinski definition) is 1. The molecule has 3 aromatic rings. The Morgan fingerprint density at radius 2 is 1.62 bits per heavy atom. The molecule has 0 bridgehead atoms. The molecule has 3 aromatic carbocycles. The number of methoxy groups -OCH3 is 2. The van der Waals surface area contributed by atoms with E-state index in [9.17, 15) is 13.2 Å². The molecule has 9 heteroatoms. The van der Waals surface area contributed by atoms with Gasteiger partial charge in [0.05, 0.1) is 29.8 Å². The average Bonchev–Trinajstić information content (AvgIpc) is 2.78. The molecule has 3 rings (SSSR count). The fraction of sp³-hybridized carbons (Fsp3) is 0.174. The number of nitrogens with one attached hydrogen (secondary N) is 1. The van der Waals surface area contributed by atoms with Crippen LogP contribution >= 0.6 is 11.6 Å². The van der Waals surface area contributed by atoms with E-state index in [1.54, 1.807) is 48.5 Å². The van der Waals surface area contributed by atoms with Gasteiger partial charge in [0.25, 0.3) is 10.0 Å². The number of benzene rings is 3. The van der Waals surface area contributed by atoms with E-state index in [0.29, 0.717) is 22.2 Å². The lowest BCUT2D eigenvalue weighted by molar-refractivity contribution is -0.114. The largest absolute Gasteiger partial charge is 0.495 e. The second-order valence-electron chi connectivity index (χ2n) is 6.90. The minimum Gasteiger partial charge on any atom is -0.495 e. The summed E-state index contributed by atoms with van der Waals surface area (Å²) in [4.78, 5) is 13.0. The van der Waals surface area contributed by atoms with Gasteiger partial charge >= 0.3 is 0 Å². The molecule has 1 amide bonds. The third-order valence-corrected chi connectivity index (χ3v) is 6.73. The Morgan fingerprint density at radius 1 is 0.969 bits per heavy atom. The highest BCUT2D eigenvalue weighted by atomic mass is 35.5. The molecule has 32 heavy (non-hydrogen) atoms. The highest BCUT2D eigenvalue weighted by molar-refractivity contribution is 7.92. The number of sulfonamides is 1. The first kappa shape index (κ1) is 23.4. The molecular formula is C23H23ClN2O5S. The average molecular weight is 475 g/mol. The fourth-order valence-electron chi connectivity index (χ4n) is 3.09. The van der Waals surface area contributed by atoms with Crippen molar-refractivity contribution in [1.29, 1.82) is 0 Å². The van der Waals surface area contributed by atoms with Crippen molar-refractivity contribution in [3.8, 4) is 11.5 Å². The molecule has 1 N–H and O–H groups in total. The Morgan fingerprint density at radius 3 is 2.25 bits per heavy atom. The molecule has 0 saturated heterocycles. The predicted octanol–water partition coefficient (Wildman–Crippen LogP) is 4.50. The molecule has 0 fully saturated rings. The van der Waals surface area contributed by atoms with Gasteiger partial charge < -0.3 is 14.8 Å². The molecule has 0 radical (unpaired) electrons. The van der Waals surface area contributed by atoms with Crippen LogP contribution in [-0.2, 0) is 14.8 Å². The Hall–Kier alpha value is -3.23. The maximum absolute atomic E-state index is 13.5. The Labute approximate surface area is 192 Å². The zero-order valence-corrected chi connectivity index (χ0v) is 19.4. The molecule has 0 heterocycles. The number of carbonyl (C=O) groups excluding carboxylic acids is 1. The summed E-state index contributed by atoms with van der Waals surface area (Å²) < 4.78 is 38.5. The van der Waals surface area contributed by atoms with Crippen molar-refractivity contribution >= 4 is 38.9 Å². The maximum Gasteiger partial charge on any atom is 0.264 e. The van der Waals surface area contributed by atoms with Gasteiger partial charge in [0.15, 0.2) is 0 Å². The smallest absolute Gasteiger partial charge is 0.264 e. The second kappa shape index (κ2) is 9.93. The molecule has 0 aliphatic rings. The van der Waals surface area contributed by atoms with Gasteiger partial charge in [-0.1, -0.05) is 35.9 Å². The number of anilines is 2. The lowest BCUT2D eigenvalue weighted by Gasteiger charge is -2.26. The van der Waals surface area contributed by atoms with Crippen molar-refractivity contribution in [2.24, 2.45) is 0 Å². The Kier molecular flexibility index (Phi) is 7.27. The van der Waals surface area contributed by atoms with E-state index in [0.717, 1.165) is 9.87 Å². The van der Waals surface area contributed by atoms with E-state index in [1.807, 2.05) is 6.92 Å². The first-order valence-corrected chi connectivity index (χ1v) is 11.4. The van der Waals surface area contributed by atoms with Crippen molar-refractivity contribution in [1.82, 2.24) is 0 Å². The summed E-state index contributed by atoms with van der Waals surface area (Å²) in [6.07, 6.45) is 0. The van der Waals surface area contributed by atoms with Gasteiger partial charge in [-0.25, -0.2) is 8.42 Å². The van der Waals surface area contributed by atoms with Crippen LogP contribution in [0.25, 0.3) is 0 Å². The molecule has 0 aromatic heterocycles. The molecule has 0 saturated carbocycles. The van der Waals surface area contributed by atoms with Gasteiger partial charge in [-0.3, -0.25) is 9.10 Å². The SMILES string of the molecule is COc1ccc(NC(=O)CN(c2cc(C)ccc2OC)S(=O)(=O)c2ccccc2)cc1Cl. The quantitative estimate of drug-likeness (QED) is 0.519. The van der Waals surface area contributed by atoms with Crippen molar-refractivity contribution in [2.45, 2.75) is 11.8 Å². The zero-order valence-electron chi connectivity index (χ0n) is 17.8. The normalized spacial score (nSPS) is 11.0. The highest BCUT2D eigenvalue weighted by Gasteiger charge is 2.29. The number of ether oxygens (including phenoxy) is 2. The van der Waals surface area contributed by atoms with Gasteiger partial charge in [0.2, 0.25) is 5.91 Å². The van der Waals surface area contributed by atoms with Crippen molar-refractivity contribution in [3.05, 3.63) is 77.3 Å². The highest BCUT2D eigenvalue weighted by Crippen LogP contribution is 2.33. The molecule has 7 nitrogen and oxygen atoms in total. The molecule has 0 aliphatic heterocycles. The molecule has 0 aliphatic carbocycles.